The van der Waals surface area contributed by atoms with Gasteiger partial charge < -0.3 is 14.8 Å². The largest absolute Gasteiger partial charge is 0.487 e. The maximum Gasteiger partial charge on any atom is 0.311 e. The van der Waals surface area contributed by atoms with Crippen molar-refractivity contribution in [2.45, 2.75) is 6.92 Å². The molecule has 0 saturated carbocycles. The summed E-state index contributed by atoms with van der Waals surface area (Å²) < 4.78 is 10.4. The van der Waals surface area contributed by atoms with E-state index >= 15 is 0 Å². The maximum absolute atomic E-state index is 12.1. The molecule has 0 spiro atoms. The van der Waals surface area contributed by atoms with E-state index in [4.69, 9.17) is 21.1 Å². The highest BCUT2D eigenvalue weighted by atomic mass is 35.5. The molecule has 0 aliphatic rings. The molecule has 7 nitrogen and oxygen atoms in total. The number of amides is 1. The number of benzene rings is 1. The standard InChI is InChI=1S/C13H17ClN2O5/c1-2-21-12-10(4-3-5-11(12)16(18)19)13(17)15-7-9-20-8-6-14/h3-5H,2,6-9H2,1H3,(H,15,17). The van der Waals surface area contributed by atoms with Gasteiger partial charge in [0.2, 0.25) is 5.75 Å². The molecule has 0 aliphatic carbocycles. The highest BCUT2D eigenvalue weighted by Gasteiger charge is 2.22. The Labute approximate surface area is 127 Å². The number of hydrogen-bond acceptors (Lipinski definition) is 5. The van der Waals surface area contributed by atoms with Crippen LogP contribution in [-0.4, -0.2) is 43.1 Å². The average Bonchev–Trinajstić information content (AvgIpc) is 2.47. The molecular weight excluding hydrogens is 300 g/mol. The van der Waals surface area contributed by atoms with Crippen molar-refractivity contribution in [3.8, 4) is 5.75 Å². The van der Waals surface area contributed by atoms with Crippen LogP contribution in [-0.2, 0) is 4.74 Å². The van der Waals surface area contributed by atoms with E-state index in [1.807, 2.05) is 0 Å². The van der Waals surface area contributed by atoms with E-state index in [-0.39, 0.29) is 30.2 Å². The van der Waals surface area contributed by atoms with Gasteiger partial charge in [-0.15, -0.1) is 11.6 Å². The summed E-state index contributed by atoms with van der Waals surface area (Å²) in [6.45, 7) is 2.92. The third-order valence-corrected chi connectivity index (χ3v) is 2.63. The second-order valence-electron chi connectivity index (χ2n) is 3.90. The number of nitro groups is 1. The van der Waals surface area contributed by atoms with Crippen molar-refractivity contribution >= 4 is 23.2 Å². The summed E-state index contributed by atoms with van der Waals surface area (Å²) >= 11 is 5.45. The van der Waals surface area contributed by atoms with Gasteiger partial charge in [-0.05, 0) is 13.0 Å². The van der Waals surface area contributed by atoms with Crippen LogP contribution in [0.1, 0.15) is 17.3 Å². The zero-order chi connectivity index (χ0) is 15.7. The molecule has 0 radical (unpaired) electrons. The number of halogens is 1. The van der Waals surface area contributed by atoms with Crippen molar-refractivity contribution in [3.05, 3.63) is 33.9 Å². The van der Waals surface area contributed by atoms with Crippen molar-refractivity contribution in [2.24, 2.45) is 0 Å². The van der Waals surface area contributed by atoms with Gasteiger partial charge in [0.1, 0.15) is 0 Å². The van der Waals surface area contributed by atoms with Crippen molar-refractivity contribution in [1.82, 2.24) is 5.32 Å². The Hall–Kier alpha value is -1.86. The summed E-state index contributed by atoms with van der Waals surface area (Å²) in [6.07, 6.45) is 0. The molecule has 0 heterocycles. The Bertz CT molecular complexity index is 495. The third kappa shape index (κ3) is 5.20. The lowest BCUT2D eigenvalue weighted by molar-refractivity contribution is -0.385. The molecule has 0 unspecified atom stereocenters. The van der Waals surface area contributed by atoms with Gasteiger partial charge in [-0.3, -0.25) is 14.9 Å². The molecule has 0 bridgehead atoms. The molecule has 8 heteroatoms. The van der Waals surface area contributed by atoms with E-state index in [9.17, 15) is 14.9 Å². The molecule has 0 aromatic heterocycles. The minimum absolute atomic E-state index is 0.0239. The van der Waals surface area contributed by atoms with Crippen LogP contribution in [0, 0.1) is 10.1 Å². The monoisotopic (exact) mass is 316 g/mol. The van der Waals surface area contributed by atoms with Crippen molar-refractivity contribution in [2.75, 3.05) is 32.2 Å². The first-order valence-electron chi connectivity index (χ1n) is 6.43. The van der Waals surface area contributed by atoms with Crippen LogP contribution >= 0.6 is 11.6 Å². The third-order valence-electron chi connectivity index (χ3n) is 2.48. The number of hydrogen-bond donors (Lipinski definition) is 1. The van der Waals surface area contributed by atoms with Gasteiger partial charge in [-0.1, -0.05) is 6.07 Å². The average molecular weight is 317 g/mol. The van der Waals surface area contributed by atoms with Gasteiger partial charge in [0.25, 0.3) is 5.91 Å². The predicted octanol–water partition coefficient (Wildman–Crippen LogP) is 1.98. The van der Waals surface area contributed by atoms with Gasteiger partial charge in [0.05, 0.1) is 30.3 Å². The second kappa shape index (κ2) is 9.15. The zero-order valence-corrected chi connectivity index (χ0v) is 12.4. The Balaban J connectivity index is 2.78. The number of carbonyl (C=O) groups is 1. The van der Waals surface area contributed by atoms with E-state index in [2.05, 4.69) is 5.32 Å². The van der Waals surface area contributed by atoms with Crippen LogP contribution in [0.25, 0.3) is 0 Å². The van der Waals surface area contributed by atoms with E-state index in [1.165, 1.54) is 18.2 Å². The molecule has 1 rings (SSSR count). The molecule has 1 N–H and O–H groups in total. The number of alkyl halides is 1. The van der Waals surface area contributed by atoms with Crippen LogP contribution in [0.2, 0.25) is 0 Å². The van der Waals surface area contributed by atoms with Crippen LogP contribution in [0.15, 0.2) is 18.2 Å². The summed E-state index contributed by atoms with van der Waals surface area (Å²) in [5.74, 6) is -0.0892. The molecule has 1 aromatic rings. The number of nitrogens with zero attached hydrogens (tertiary/aromatic N) is 1. The van der Waals surface area contributed by atoms with Crippen LogP contribution in [0.3, 0.4) is 0 Å². The van der Waals surface area contributed by atoms with E-state index < -0.39 is 10.8 Å². The molecule has 1 aromatic carbocycles. The van der Waals surface area contributed by atoms with Gasteiger partial charge in [-0.25, -0.2) is 0 Å². The van der Waals surface area contributed by atoms with Crippen molar-refractivity contribution < 1.29 is 19.2 Å². The normalized spacial score (nSPS) is 10.2. The number of nitrogens with one attached hydrogen (secondary N) is 1. The summed E-state index contributed by atoms with van der Waals surface area (Å²) in [7, 11) is 0. The Morgan fingerprint density at radius 1 is 1.43 bits per heavy atom. The zero-order valence-electron chi connectivity index (χ0n) is 11.6. The minimum Gasteiger partial charge on any atom is -0.487 e. The first-order chi connectivity index (χ1) is 10.1. The van der Waals surface area contributed by atoms with E-state index in [1.54, 1.807) is 6.92 Å². The van der Waals surface area contributed by atoms with Crippen molar-refractivity contribution in [3.63, 3.8) is 0 Å². The van der Waals surface area contributed by atoms with Crippen LogP contribution < -0.4 is 10.1 Å². The number of para-hydroxylation sites is 1. The Kier molecular flexibility index (Phi) is 7.49. The molecule has 21 heavy (non-hydrogen) atoms. The highest BCUT2D eigenvalue weighted by molar-refractivity contribution is 6.17. The number of rotatable bonds is 9. The summed E-state index contributed by atoms with van der Waals surface area (Å²) in [4.78, 5) is 22.4. The SMILES string of the molecule is CCOc1c(C(=O)NCCOCCCl)cccc1[N+](=O)[O-]. The van der Waals surface area contributed by atoms with Crippen LogP contribution in [0.4, 0.5) is 5.69 Å². The van der Waals surface area contributed by atoms with Gasteiger partial charge in [0.15, 0.2) is 0 Å². The fraction of sp³-hybridized carbons (Fsp3) is 0.462. The van der Waals surface area contributed by atoms with Gasteiger partial charge in [0, 0.05) is 18.5 Å². The fourth-order valence-electron chi connectivity index (χ4n) is 1.63. The predicted molar refractivity (Wildman–Crippen MR) is 78.1 cm³/mol. The fourth-order valence-corrected chi connectivity index (χ4v) is 1.74. The maximum atomic E-state index is 12.1. The molecule has 0 fully saturated rings. The second-order valence-corrected chi connectivity index (χ2v) is 4.28. The van der Waals surface area contributed by atoms with Gasteiger partial charge >= 0.3 is 5.69 Å². The molecule has 0 atom stereocenters. The number of ether oxygens (including phenoxy) is 2. The van der Waals surface area contributed by atoms with E-state index in [0.29, 0.717) is 19.1 Å². The first-order valence-corrected chi connectivity index (χ1v) is 6.97. The smallest absolute Gasteiger partial charge is 0.311 e. The van der Waals surface area contributed by atoms with Crippen molar-refractivity contribution in [1.29, 1.82) is 0 Å². The molecule has 116 valence electrons. The van der Waals surface area contributed by atoms with Crippen LogP contribution in [0.5, 0.6) is 5.75 Å². The molecular formula is C13H17ClN2O5. The first kappa shape index (κ1) is 17.2. The highest BCUT2D eigenvalue weighted by Crippen LogP contribution is 2.30. The van der Waals surface area contributed by atoms with Gasteiger partial charge in [-0.2, -0.15) is 0 Å². The number of carbonyl (C=O) groups excluding carboxylic acids is 1. The quantitative estimate of drug-likeness (QED) is 0.325. The topological polar surface area (TPSA) is 90.7 Å². The summed E-state index contributed by atoms with van der Waals surface area (Å²) in [6, 6.07) is 4.22. The lowest BCUT2D eigenvalue weighted by atomic mass is 10.1. The van der Waals surface area contributed by atoms with E-state index in [0.717, 1.165) is 0 Å². The minimum atomic E-state index is -0.578. The summed E-state index contributed by atoms with van der Waals surface area (Å²) in [5.41, 5.74) is -0.105. The lowest BCUT2D eigenvalue weighted by Crippen LogP contribution is -2.28. The molecule has 0 aliphatic heterocycles. The summed E-state index contributed by atoms with van der Waals surface area (Å²) in [5, 5.41) is 13.6. The Morgan fingerprint density at radius 2 is 2.19 bits per heavy atom. The number of nitro benzene ring substituents is 1. The Morgan fingerprint density at radius 3 is 2.81 bits per heavy atom. The molecule has 1 amide bonds. The lowest BCUT2D eigenvalue weighted by Gasteiger charge is -2.10. The molecule has 0 saturated heterocycles.